The topological polar surface area (TPSA) is 91.4 Å². The summed E-state index contributed by atoms with van der Waals surface area (Å²) in [5.41, 5.74) is 6.87. The van der Waals surface area contributed by atoms with E-state index in [-0.39, 0.29) is 12.5 Å². The molecule has 2 rings (SSSR count). The first-order valence-electron chi connectivity index (χ1n) is 6.51. The van der Waals surface area contributed by atoms with Gasteiger partial charge in [0.15, 0.2) is 0 Å². The summed E-state index contributed by atoms with van der Waals surface area (Å²) in [6, 6.07) is 12.0. The summed E-state index contributed by atoms with van der Waals surface area (Å²) in [5.74, 6) is 0.718. The highest BCUT2D eigenvalue weighted by atomic mass is 15.1. The average Bonchev–Trinajstić information content (AvgIpc) is 2.76. The molecular weight excluding hydrogens is 250 g/mol. The second-order valence-electron chi connectivity index (χ2n) is 5.30. The lowest BCUT2D eigenvalue weighted by Crippen LogP contribution is -2.36. The third kappa shape index (κ3) is 2.64. The summed E-state index contributed by atoms with van der Waals surface area (Å²) >= 11 is 0. The van der Waals surface area contributed by atoms with E-state index in [1.54, 1.807) is 6.92 Å². The molecule has 0 aliphatic heterocycles. The molecule has 2 aromatic rings. The number of hydrogen-bond donors (Lipinski definition) is 1. The van der Waals surface area contributed by atoms with Crippen molar-refractivity contribution in [2.24, 2.45) is 5.73 Å². The number of benzene rings is 1. The van der Waals surface area contributed by atoms with Crippen molar-refractivity contribution in [1.82, 2.24) is 9.55 Å². The van der Waals surface area contributed by atoms with E-state index in [0.717, 1.165) is 16.9 Å². The molecule has 5 heteroatoms. The van der Waals surface area contributed by atoms with Gasteiger partial charge in [0.1, 0.15) is 11.4 Å². The summed E-state index contributed by atoms with van der Waals surface area (Å²) in [5, 5.41) is 18.0. The minimum atomic E-state index is -0.894. The molecule has 0 saturated heterocycles. The number of nitrogens with zero attached hydrogens (tertiary/aromatic N) is 4. The molecule has 5 nitrogen and oxygen atoms in total. The summed E-state index contributed by atoms with van der Waals surface area (Å²) in [7, 11) is 0. The molecule has 2 atom stereocenters. The standard InChI is InChI=1S/C15H17N5/c1-11(9-15(2,18)10-17)20-13-6-4-3-5-12(13)19-14(20)7-8-16/h3-6,11H,7,9,18H2,1-2H3. The van der Waals surface area contributed by atoms with E-state index in [9.17, 15) is 0 Å². The molecule has 0 spiro atoms. The first kappa shape index (κ1) is 14.0. The van der Waals surface area contributed by atoms with Crippen molar-refractivity contribution in [3.8, 4) is 12.1 Å². The smallest absolute Gasteiger partial charge is 0.124 e. The number of nitriles is 2. The van der Waals surface area contributed by atoms with E-state index < -0.39 is 5.54 Å². The predicted octanol–water partition coefficient (Wildman–Crippen LogP) is 2.29. The zero-order valence-corrected chi connectivity index (χ0v) is 11.7. The van der Waals surface area contributed by atoms with Crippen LogP contribution < -0.4 is 5.73 Å². The van der Waals surface area contributed by atoms with Gasteiger partial charge in [-0.15, -0.1) is 0 Å². The number of aromatic nitrogens is 2. The van der Waals surface area contributed by atoms with Crippen LogP contribution in [0.4, 0.5) is 0 Å². The monoisotopic (exact) mass is 267 g/mol. The fourth-order valence-electron chi connectivity index (χ4n) is 2.53. The van der Waals surface area contributed by atoms with Gasteiger partial charge < -0.3 is 10.3 Å². The lowest BCUT2D eigenvalue weighted by Gasteiger charge is -2.23. The minimum absolute atomic E-state index is 0.000370. The molecule has 2 N–H and O–H groups in total. The Bertz CT molecular complexity index is 699. The number of para-hydroxylation sites is 2. The largest absolute Gasteiger partial charge is 0.324 e. The van der Waals surface area contributed by atoms with Gasteiger partial charge in [-0.2, -0.15) is 10.5 Å². The highest BCUT2D eigenvalue weighted by Gasteiger charge is 2.24. The van der Waals surface area contributed by atoms with Gasteiger partial charge in [0.05, 0.1) is 29.6 Å². The minimum Gasteiger partial charge on any atom is -0.324 e. The lowest BCUT2D eigenvalue weighted by molar-refractivity contribution is 0.413. The molecule has 0 bridgehead atoms. The number of rotatable bonds is 4. The summed E-state index contributed by atoms with van der Waals surface area (Å²) in [4.78, 5) is 4.50. The Morgan fingerprint density at radius 2 is 2.10 bits per heavy atom. The van der Waals surface area contributed by atoms with Crippen LogP contribution in [0.15, 0.2) is 24.3 Å². The second-order valence-corrected chi connectivity index (χ2v) is 5.30. The van der Waals surface area contributed by atoms with E-state index in [4.69, 9.17) is 16.3 Å². The van der Waals surface area contributed by atoms with Crippen molar-refractivity contribution < 1.29 is 0 Å². The molecule has 0 radical (unpaired) electrons. The van der Waals surface area contributed by atoms with Gasteiger partial charge in [-0.25, -0.2) is 4.98 Å². The highest BCUT2D eigenvalue weighted by molar-refractivity contribution is 5.76. The van der Waals surface area contributed by atoms with Crippen molar-refractivity contribution in [3.63, 3.8) is 0 Å². The average molecular weight is 267 g/mol. The molecular formula is C15H17N5. The predicted molar refractivity (Wildman–Crippen MR) is 76.6 cm³/mol. The maximum atomic E-state index is 9.07. The van der Waals surface area contributed by atoms with E-state index >= 15 is 0 Å². The van der Waals surface area contributed by atoms with Crippen LogP contribution in [-0.2, 0) is 6.42 Å². The molecule has 0 aliphatic rings. The number of hydrogen-bond acceptors (Lipinski definition) is 4. The van der Waals surface area contributed by atoms with Gasteiger partial charge in [-0.1, -0.05) is 12.1 Å². The maximum absolute atomic E-state index is 9.07. The third-order valence-electron chi connectivity index (χ3n) is 3.32. The van der Waals surface area contributed by atoms with Gasteiger partial charge in [0.2, 0.25) is 0 Å². The summed E-state index contributed by atoms with van der Waals surface area (Å²) in [6.07, 6.45) is 0.745. The molecule has 2 unspecified atom stereocenters. The lowest BCUT2D eigenvalue weighted by atomic mass is 9.96. The van der Waals surface area contributed by atoms with Crippen molar-refractivity contribution in [1.29, 1.82) is 10.5 Å². The van der Waals surface area contributed by atoms with Gasteiger partial charge in [-0.05, 0) is 32.4 Å². The molecule has 0 saturated carbocycles. The zero-order chi connectivity index (χ0) is 14.8. The van der Waals surface area contributed by atoms with Gasteiger partial charge >= 0.3 is 0 Å². The normalized spacial score (nSPS) is 15.2. The molecule has 1 aromatic carbocycles. The first-order valence-corrected chi connectivity index (χ1v) is 6.51. The van der Waals surface area contributed by atoms with Crippen LogP contribution in [0.3, 0.4) is 0 Å². The SMILES string of the molecule is CC(CC(C)(N)C#N)n1c(CC#N)nc2ccccc21. The van der Waals surface area contributed by atoms with Gasteiger partial charge in [-0.3, -0.25) is 0 Å². The summed E-state index contributed by atoms with van der Waals surface area (Å²) < 4.78 is 2.01. The van der Waals surface area contributed by atoms with Crippen molar-refractivity contribution in [3.05, 3.63) is 30.1 Å². The molecule has 102 valence electrons. The molecule has 0 fully saturated rings. The molecule has 20 heavy (non-hydrogen) atoms. The van der Waals surface area contributed by atoms with E-state index in [1.165, 1.54) is 0 Å². The van der Waals surface area contributed by atoms with Crippen molar-refractivity contribution >= 4 is 11.0 Å². The maximum Gasteiger partial charge on any atom is 0.124 e. The highest BCUT2D eigenvalue weighted by Crippen LogP contribution is 2.26. The Morgan fingerprint density at radius 3 is 2.75 bits per heavy atom. The molecule has 1 heterocycles. The van der Waals surface area contributed by atoms with Crippen LogP contribution in [0.2, 0.25) is 0 Å². The molecule has 0 amide bonds. The fourth-order valence-corrected chi connectivity index (χ4v) is 2.53. The van der Waals surface area contributed by atoms with Crippen LogP contribution in [0.25, 0.3) is 11.0 Å². The van der Waals surface area contributed by atoms with Crippen molar-refractivity contribution in [2.45, 2.75) is 38.3 Å². The van der Waals surface area contributed by atoms with Crippen LogP contribution in [0.1, 0.15) is 32.1 Å². The van der Waals surface area contributed by atoms with E-state index in [1.807, 2.05) is 35.8 Å². The Morgan fingerprint density at radius 1 is 1.40 bits per heavy atom. The van der Waals surface area contributed by atoms with Gasteiger partial charge in [0, 0.05) is 6.04 Å². The zero-order valence-electron chi connectivity index (χ0n) is 11.7. The second kappa shape index (κ2) is 5.32. The number of nitrogens with two attached hydrogens (primary N) is 1. The Labute approximate surface area is 118 Å². The van der Waals surface area contributed by atoms with E-state index in [2.05, 4.69) is 17.1 Å². The van der Waals surface area contributed by atoms with Gasteiger partial charge in [0.25, 0.3) is 0 Å². The van der Waals surface area contributed by atoms with Crippen LogP contribution in [0, 0.1) is 22.7 Å². The Kier molecular flexibility index (Phi) is 3.74. The van der Waals surface area contributed by atoms with Crippen LogP contribution >= 0.6 is 0 Å². The number of fused-ring (bicyclic) bond motifs is 1. The van der Waals surface area contributed by atoms with E-state index in [0.29, 0.717) is 6.42 Å². The molecule has 1 aromatic heterocycles. The van der Waals surface area contributed by atoms with Crippen LogP contribution in [0.5, 0.6) is 0 Å². The quantitative estimate of drug-likeness (QED) is 0.920. The fraction of sp³-hybridized carbons (Fsp3) is 0.400. The van der Waals surface area contributed by atoms with Crippen LogP contribution in [-0.4, -0.2) is 15.1 Å². The Balaban J connectivity index is 2.49. The first-order chi connectivity index (χ1) is 9.48. The van der Waals surface area contributed by atoms with Crippen molar-refractivity contribution in [2.75, 3.05) is 0 Å². The molecule has 0 aliphatic carbocycles. The number of imidazole rings is 1. The Hall–Kier alpha value is -2.37. The third-order valence-corrected chi connectivity index (χ3v) is 3.32. The summed E-state index contributed by atoms with van der Waals surface area (Å²) in [6.45, 7) is 3.71.